The number of nitrogens with one attached hydrogen (secondary N) is 1. The third kappa shape index (κ3) is 3.46. The second kappa shape index (κ2) is 8.53. The first-order valence-corrected chi connectivity index (χ1v) is 12.2. The SMILES string of the molecule is COc1cc(/C=C2\SC(=O)N[C@]23Oc2ccccc2[C@H]2CC(c4ccccc4)=NN23)cc(OC)c1O. The molecule has 2 N–H and O–H groups in total. The summed E-state index contributed by atoms with van der Waals surface area (Å²) in [5.74, 6) is -0.204. The van der Waals surface area contributed by atoms with Crippen LogP contribution in [0.3, 0.4) is 0 Å². The summed E-state index contributed by atoms with van der Waals surface area (Å²) in [4.78, 5) is 13.4. The van der Waals surface area contributed by atoms with Gasteiger partial charge in [0.1, 0.15) is 5.75 Å². The molecule has 0 aromatic heterocycles. The van der Waals surface area contributed by atoms with Crippen molar-refractivity contribution in [2.24, 2.45) is 5.10 Å². The third-order valence-corrected chi connectivity index (χ3v) is 7.39. The van der Waals surface area contributed by atoms with Crippen LogP contribution >= 0.6 is 11.8 Å². The molecule has 0 saturated carbocycles. The van der Waals surface area contributed by atoms with Gasteiger partial charge in [-0.1, -0.05) is 48.5 Å². The molecule has 3 aromatic carbocycles. The molecule has 3 aliphatic rings. The summed E-state index contributed by atoms with van der Waals surface area (Å²) in [5.41, 5.74) is 3.62. The summed E-state index contributed by atoms with van der Waals surface area (Å²) in [6.45, 7) is 0. The highest BCUT2D eigenvalue weighted by molar-refractivity contribution is 8.17. The molecule has 3 aromatic rings. The van der Waals surface area contributed by atoms with Crippen LogP contribution in [0.5, 0.6) is 23.0 Å². The van der Waals surface area contributed by atoms with Crippen LogP contribution < -0.4 is 19.5 Å². The Balaban J connectivity index is 1.51. The fourth-order valence-electron chi connectivity index (χ4n) is 4.82. The third-order valence-electron chi connectivity index (χ3n) is 6.48. The molecule has 0 aliphatic carbocycles. The number of thioether (sulfide) groups is 1. The van der Waals surface area contributed by atoms with Gasteiger partial charge in [-0.3, -0.25) is 10.1 Å². The van der Waals surface area contributed by atoms with Gasteiger partial charge in [0.05, 0.1) is 30.9 Å². The van der Waals surface area contributed by atoms with E-state index in [1.54, 1.807) is 12.1 Å². The average molecular weight is 502 g/mol. The van der Waals surface area contributed by atoms with Crippen molar-refractivity contribution >= 4 is 28.8 Å². The van der Waals surface area contributed by atoms with Gasteiger partial charge in [0.15, 0.2) is 11.5 Å². The van der Waals surface area contributed by atoms with Crippen LogP contribution in [-0.2, 0) is 0 Å². The lowest BCUT2D eigenvalue weighted by Crippen LogP contribution is -2.61. The fraction of sp³-hybridized carbons (Fsp3) is 0.185. The molecule has 8 nitrogen and oxygen atoms in total. The number of aromatic hydroxyl groups is 1. The second-order valence-electron chi connectivity index (χ2n) is 8.56. The Morgan fingerprint density at radius 3 is 2.53 bits per heavy atom. The second-order valence-corrected chi connectivity index (χ2v) is 9.57. The largest absolute Gasteiger partial charge is 0.502 e. The van der Waals surface area contributed by atoms with Crippen LogP contribution in [0.4, 0.5) is 4.79 Å². The van der Waals surface area contributed by atoms with Gasteiger partial charge in [0.2, 0.25) is 5.75 Å². The highest BCUT2D eigenvalue weighted by atomic mass is 32.2. The molecule has 2 atom stereocenters. The number of phenolic OH excluding ortho intramolecular Hbond substituents is 1. The predicted molar refractivity (Wildman–Crippen MR) is 137 cm³/mol. The molecule has 9 heteroatoms. The van der Waals surface area contributed by atoms with Crippen molar-refractivity contribution in [2.75, 3.05) is 14.2 Å². The van der Waals surface area contributed by atoms with Crippen LogP contribution in [0.25, 0.3) is 6.08 Å². The van der Waals surface area contributed by atoms with E-state index in [2.05, 4.69) is 5.32 Å². The first kappa shape index (κ1) is 22.4. The Labute approximate surface area is 212 Å². The van der Waals surface area contributed by atoms with E-state index in [-0.39, 0.29) is 28.5 Å². The van der Waals surface area contributed by atoms with E-state index in [9.17, 15) is 9.90 Å². The molecule has 182 valence electrons. The molecule has 36 heavy (non-hydrogen) atoms. The number of fused-ring (bicyclic) bond motifs is 4. The summed E-state index contributed by atoms with van der Waals surface area (Å²) in [5, 5.41) is 20.0. The van der Waals surface area contributed by atoms with Crippen molar-refractivity contribution in [2.45, 2.75) is 18.3 Å². The van der Waals surface area contributed by atoms with E-state index in [0.717, 1.165) is 28.6 Å². The number of methoxy groups -OCH3 is 2. The number of phenols is 1. The van der Waals surface area contributed by atoms with Crippen LogP contribution in [0.2, 0.25) is 0 Å². The number of carbonyl (C=O) groups is 1. The first-order chi connectivity index (χ1) is 17.5. The van der Waals surface area contributed by atoms with Gasteiger partial charge in [0.25, 0.3) is 5.24 Å². The minimum absolute atomic E-state index is 0.0929. The Hall–Kier alpha value is -4.11. The highest BCUT2D eigenvalue weighted by Gasteiger charge is 2.58. The van der Waals surface area contributed by atoms with Crippen LogP contribution in [0.1, 0.15) is 29.2 Å². The number of hydrogen-bond donors (Lipinski definition) is 2. The van der Waals surface area contributed by atoms with E-state index >= 15 is 0 Å². The maximum atomic E-state index is 12.8. The number of ether oxygens (including phenoxy) is 3. The topological polar surface area (TPSA) is 92.6 Å². The monoisotopic (exact) mass is 501 g/mol. The van der Waals surface area contributed by atoms with Crippen molar-refractivity contribution < 1.29 is 24.1 Å². The fourth-order valence-corrected chi connectivity index (χ4v) is 5.73. The highest BCUT2D eigenvalue weighted by Crippen LogP contribution is 2.53. The zero-order valence-electron chi connectivity index (χ0n) is 19.6. The van der Waals surface area contributed by atoms with Gasteiger partial charge >= 0.3 is 5.85 Å². The van der Waals surface area contributed by atoms with Crippen LogP contribution in [-0.4, -0.2) is 41.1 Å². The average Bonchev–Trinajstić information content (AvgIpc) is 3.48. The quantitative estimate of drug-likeness (QED) is 0.514. The molecule has 1 spiro atoms. The number of rotatable bonds is 4. The number of benzene rings is 3. The smallest absolute Gasteiger partial charge is 0.314 e. The van der Waals surface area contributed by atoms with Gasteiger partial charge in [-0.25, -0.2) is 5.01 Å². The lowest BCUT2D eigenvalue weighted by atomic mass is 9.95. The number of amides is 1. The zero-order valence-corrected chi connectivity index (χ0v) is 20.4. The Morgan fingerprint density at radius 1 is 1.11 bits per heavy atom. The van der Waals surface area contributed by atoms with E-state index in [4.69, 9.17) is 19.3 Å². The summed E-state index contributed by atoms with van der Waals surface area (Å²) in [6, 6.07) is 21.1. The Bertz CT molecular complexity index is 1400. The predicted octanol–water partition coefficient (Wildman–Crippen LogP) is 5.10. The van der Waals surface area contributed by atoms with Gasteiger partial charge in [-0.05, 0) is 47.2 Å². The van der Waals surface area contributed by atoms with Crippen LogP contribution in [0.15, 0.2) is 76.7 Å². The molecular weight excluding hydrogens is 478 g/mol. The number of hydrogen-bond acceptors (Lipinski definition) is 8. The Morgan fingerprint density at radius 2 is 1.81 bits per heavy atom. The standard InChI is InChI=1S/C27H23N3O5S/c1-33-22-12-16(13-23(34-2)25(22)31)14-24-27(28-26(32)36-24)30-20(18-10-6-7-11-21(18)35-27)15-19(29-30)17-8-4-3-5-9-17/h3-14,20,31H,15H2,1-2H3,(H,28,32)/b24-14-/t20-,27-/m1/s1. The van der Waals surface area contributed by atoms with Gasteiger partial charge in [-0.2, -0.15) is 5.10 Å². The number of para-hydroxylation sites is 1. The normalized spacial score (nSPS) is 23.1. The molecule has 1 saturated heterocycles. The first-order valence-electron chi connectivity index (χ1n) is 11.4. The number of nitrogens with zero attached hydrogens (tertiary/aromatic N) is 2. The van der Waals surface area contributed by atoms with Crippen molar-refractivity contribution in [1.82, 2.24) is 10.3 Å². The van der Waals surface area contributed by atoms with Crippen molar-refractivity contribution in [1.29, 1.82) is 0 Å². The lowest BCUT2D eigenvalue weighted by Gasteiger charge is -2.45. The molecule has 3 heterocycles. The molecule has 6 rings (SSSR count). The maximum absolute atomic E-state index is 12.8. The van der Waals surface area contributed by atoms with E-state index in [1.165, 1.54) is 14.2 Å². The summed E-state index contributed by atoms with van der Waals surface area (Å²) < 4.78 is 17.2. The summed E-state index contributed by atoms with van der Waals surface area (Å²) in [6.07, 6.45) is 2.49. The molecule has 0 radical (unpaired) electrons. The summed E-state index contributed by atoms with van der Waals surface area (Å²) >= 11 is 1.05. The molecular formula is C27H23N3O5S. The zero-order chi connectivity index (χ0) is 24.9. The number of hydrazone groups is 1. The van der Waals surface area contributed by atoms with Crippen molar-refractivity contribution in [3.63, 3.8) is 0 Å². The lowest BCUT2D eigenvalue weighted by molar-refractivity contribution is -0.0949. The summed E-state index contributed by atoms with van der Waals surface area (Å²) in [7, 11) is 2.94. The molecule has 1 fully saturated rings. The Kier molecular flexibility index (Phi) is 5.30. The van der Waals surface area contributed by atoms with Gasteiger partial charge < -0.3 is 19.3 Å². The van der Waals surface area contributed by atoms with Crippen molar-refractivity contribution in [3.8, 4) is 23.0 Å². The van der Waals surface area contributed by atoms with Gasteiger partial charge in [0, 0.05) is 12.0 Å². The van der Waals surface area contributed by atoms with Crippen LogP contribution in [0, 0.1) is 0 Å². The molecule has 0 unspecified atom stereocenters. The van der Waals surface area contributed by atoms with E-state index < -0.39 is 5.85 Å². The minimum Gasteiger partial charge on any atom is -0.502 e. The van der Waals surface area contributed by atoms with E-state index in [0.29, 0.717) is 22.6 Å². The van der Waals surface area contributed by atoms with Crippen molar-refractivity contribution in [3.05, 3.63) is 88.3 Å². The molecule has 3 aliphatic heterocycles. The molecule has 0 bridgehead atoms. The number of carbonyl (C=O) groups excluding carboxylic acids is 1. The maximum Gasteiger partial charge on any atom is 0.314 e. The van der Waals surface area contributed by atoms with E-state index in [1.807, 2.05) is 65.7 Å². The van der Waals surface area contributed by atoms with Gasteiger partial charge in [-0.15, -0.1) is 0 Å². The molecule has 1 amide bonds. The minimum atomic E-state index is -1.32.